The van der Waals surface area contributed by atoms with Gasteiger partial charge in [0, 0.05) is 60.8 Å². The first kappa shape index (κ1) is 13.6. The lowest BCUT2D eigenvalue weighted by Crippen LogP contribution is -2.28. The first-order valence-electron chi connectivity index (χ1n) is 5.21. The summed E-state index contributed by atoms with van der Waals surface area (Å²) in [6.07, 6.45) is 7.64. The molecule has 0 saturated carbocycles. The van der Waals surface area contributed by atoms with Crippen LogP contribution in [0.25, 0.3) is 0 Å². The SMILES string of the molecule is C1CCC[Si][Si][Si][Si][Si][Si][Si]CCC1. The molecule has 14 radical (unpaired) electrons. The van der Waals surface area contributed by atoms with Gasteiger partial charge >= 0.3 is 0 Å². The van der Waals surface area contributed by atoms with Crippen molar-refractivity contribution in [1.82, 2.24) is 0 Å². The van der Waals surface area contributed by atoms with Crippen LogP contribution in [0.4, 0.5) is 0 Å². The number of hydrogen-bond donors (Lipinski definition) is 0. The van der Waals surface area contributed by atoms with Gasteiger partial charge in [-0.1, -0.05) is 44.2 Å². The molecule has 0 spiro atoms. The minimum Gasteiger partial charge on any atom is -0.0640 e. The summed E-state index contributed by atoms with van der Waals surface area (Å²) in [6.45, 7) is 0. The summed E-state index contributed by atoms with van der Waals surface area (Å²) in [4.78, 5) is 0. The Balaban J connectivity index is 2.00. The molecule has 0 atom stereocenters. The van der Waals surface area contributed by atoms with E-state index in [0.717, 1.165) is 0 Å². The molecular formula is C7H14Si7. The van der Waals surface area contributed by atoms with E-state index in [2.05, 4.69) is 0 Å². The lowest BCUT2D eigenvalue weighted by Gasteiger charge is -2.03. The van der Waals surface area contributed by atoms with E-state index < -0.39 is 0 Å². The van der Waals surface area contributed by atoms with E-state index in [1.165, 1.54) is 93.0 Å². The summed E-state index contributed by atoms with van der Waals surface area (Å²) in [6, 6.07) is 3.12. The van der Waals surface area contributed by atoms with E-state index in [1.54, 1.807) is 12.1 Å². The Morgan fingerprint density at radius 3 is 1.43 bits per heavy atom. The maximum absolute atomic E-state index is 1.56. The zero-order valence-corrected chi connectivity index (χ0v) is 15.4. The van der Waals surface area contributed by atoms with Crippen LogP contribution in [-0.4, -0.2) is 60.8 Å². The quantitative estimate of drug-likeness (QED) is 0.560. The van der Waals surface area contributed by atoms with Gasteiger partial charge in [-0.05, 0) is 0 Å². The van der Waals surface area contributed by atoms with Crippen LogP contribution in [0, 0.1) is 0 Å². The maximum atomic E-state index is 1.56. The molecule has 0 amide bonds. The molecule has 1 aliphatic rings. The van der Waals surface area contributed by atoms with Crippen molar-refractivity contribution >= 4 is 60.8 Å². The van der Waals surface area contributed by atoms with Crippen LogP contribution in [0.15, 0.2) is 0 Å². The highest BCUT2D eigenvalue weighted by Gasteiger charge is 1.99. The van der Waals surface area contributed by atoms with Crippen molar-refractivity contribution in [2.75, 3.05) is 0 Å². The number of hydrogen-bond acceptors (Lipinski definition) is 0. The zero-order valence-electron chi connectivity index (χ0n) is 8.45. The first-order valence-corrected chi connectivity index (χ1v) is 18.6. The van der Waals surface area contributed by atoms with E-state index in [0.29, 0.717) is 0 Å². The van der Waals surface area contributed by atoms with Crippen molar-refractivity contribution in [2.45, 2.75) is 44.2 Å². The third-order valence-corrected chi connectivity index (χ3v) is 29.3. The monoisotopic (exact) mass is 294 g/mol. The minimum absolute atomic E-state index is 1.33. The molecule has 0 nitrogen and oxygen atoms in total. The van der Waals surface area contributed by atoms with Crippen molar-refractivity contribution < 1.29 is 0 Å². The van der Waals surface area contributed by atoms with Gasteiger partial charge in [-0.15, -0.1) is 0 Å². The fourth-order valence-corrected chi connectivity index (χ4v) is 36.2. The molecule has 0 aromatic rings. The highest BCUT2D eigenvalue weighted by molar-refractivity contribution is 7.62. The average molecular weight is 295 g/mol. The van der Waals surface area contributed by atoms with Crippen LogP contribution in [0.5, 0.6) is 0 Å². The molecule has 1 heterocycles. The van der Waals surface area contributed by atoms with Gasteiger partial charge < -0.3 is 0 Å². The van der Waals surface area contributed by atoms with Crippen LogP contribution >= 0.6 is 0 Å². The predicted molar refractivity (Wildman–Crippen MR) is 73.0 cm³/mol. The molecule has 14 heavy (non-hydrogen) atoms. The van der Waals surface area contributed by atoms with E-state index >= 15 is 0 Å². The maximum Gasteiger partial charge on any atom is 0.0180 e. The summed E-state index contributed by atoms with van der Waals surface area (Å²) in [7, 11) is 9.47. The molecule has 0 bridgehead atoms. The van der Waals surface area contributed by atoms with Gasteiger partial charge in [0.2, 0.25) is 0 Å². The zero-order chi connectivity index (χ0) is 9.90. The molecule has 1 rings (SSSR count). The average Bonchev–Trinajstić information content (AvgIpc) is 2.22. The van der Waals surface area contributed by atoms with Crippen LogP contribution in [0.3, 0.4) is 0 Å². The van der Waals surface area contributed by atoms with Crippen LogP contribution in [-0.2, 0) is 0 Å². The Labute approximate surface area is 105 Å². The lowest BCUT2D eigenvalue weighted by atomic mass is 10.2. The van der Waals surface area contributed by atoms with Gasteiger partial charge in [-0.3, -0.25) is 0 Å². The summed E-state index contributed by atoms with van der Waals surface area (Å²) in [5.74, 6) is 0. The van der Waals surface area contributed by atoms with Crippen LogP contribution in [0.1, 0.15) is 32.1 Å². The van der Waals surface area contributed by atoms with E-state index in [4.69, 9.17) is 0 Å². The first-order chi connectivity index (χ1) is 7.00. The van der Waals surface area contributed by atoms with E-state index in [9.17, 15) is 0 Å². The van der Waals surface area contributed by atoms with Crippen molar-refractivity contribution in [2.24, 2.45) is 0 Å². The molecule has 7 heteroatoms. The lowest BCUT2D eigenvalue weighted by molar-refractivity contribution is 0.655. The highest BCUT2D eigenvalue weighted by Crippen LogP contribution is 2.06. The minimum atomic E-state index is 1.33. The summed E-state index contributed by atoms with van der Waals surface area (Å²) in [5, 5.41) is 0. The van der Waals surface area contributed by atoms with Crippen molar-refractivity contribution in [3.63, 3.8) is 0 Å². The molecule has 0 unspecified atom stereocenters. The summed E-state index contributed by atoms with van der Waals surface area (Å²) < 4.78 is 0. The molecule has 1 fully saturated rings. The van der Waals surface area contributed by atoms with Crippen LogP contribution in [0.2, 0.25) is 12.1 Å². The van der Waals surface area contributed by atoms with Gasteiger partial charge in [-0.25, -0.2) is 0 Å². The Kier molecular flexibility index (Phi) is 10.7. The fourth-order valence-electron chi connectivity index (χ4n) is 1.26. The molecule has 1 aliphatic heterocycles. The Morgan fingerprint density at radius 2 is 0.857 bits per heavy atom. The largest absolute Gasteiger partial charge is 0.0640 e. The van der Waals surface area contributed by atoms with Gasteiger partial charge in [0.15, 0.2) is 0 Å². The normalized spacial score (nSPS) is 24.0. The second kappa shape index (κ2) is 11.0. The van der Waals surface area contributed by atoms with Crippen LogP contribution < -0.4 is 0 Å². The van der Waals surface area contributed by atoms with Crippen molar-refractivity contribution in [3.05, 3.63) is 0 Å². The third-order valence-electron chi connectivity index (χ3n) is 2.03. The predicted octanol–water partition coefficient (Wildman–Crippen LogP) is 0.206. The second-order valence-electron chi connectivity index (χ2n) is 3.25. The highest BCUT2D eigenvalue weighted by atomic mass is 29.9. The Bertz CT molecular complexity index is 67.3. The molecule has 0 N–H and O–H groups in total. The molecule has 0 aromatic heterocycles. The fraction of sp³-hybridized carbons (Fsp3) is 1.00. The molecule has 70 valence electrons. The van der Waals surface area contributed by atoms with Gasteiger partial charge in [0.05, 0.1) is 0 Å². The van der Waals surface area contributed by atoms with E-state index in [-0.39, 0.29) is 0 Å². The van der Waals surface area contributed by atoms with Gasteiger partial charge in [-0.2, -0.15) is 0 Å². The Hall–Kier alpha value is 1.52. The standard InChI is InChI=1S/C7H14Si7/c1-2-4-6-8-10-12-14-13-11-9-7-5-3-1/h1-7H2. The van der Waals surface area contributed by atoms with Gasteiger partial charge in [0.1, 0.15) is 0 Å². The second-order valence-corrected chi connectivity index (χ2v) is 23.3. The summed E-state index contributed by atoms with van der Waals surface area (Å²) >= 11 is 0. The van der Waals surface area contributed by atoms with Crippen molar-refractivity contribution in [1.29, 1.82) is 0 Å². The Morgan fingerprint density at radius 1 is 0.429 bits per heavy atom. The number of rotatable bonds is 0. The molecule has 1 saturated heterocycles. The third kappa shape index (κ3) is 8.80. The molecule has 0 aromatic carbocycles. The van der Waals surface area contributed by atoms with E-state index in [1.807, 2.05) is 0 Å². The molecule has 0 aliphatic carbocycles. The van der Waals surface area contributed by atoms with Gasteiger partial charge in [0.25, 0.3) is 0 Å². The topological polar surface area (TPSA) is 0 Å². The summed E-state index contributed by atoms with van der Waals surface area (Å²) in [5.41, 5.74) is 0. The molecular weight excluding hydrogens is 281 g/mol. The smallest absolute Gasteiger partial charge is 0.0180 e. The van der Waals surface area contributed by atoms with Crippen molar-refractivity contribution in [3.8, 4) is 0 Å².